The molecule has 4 nitrogen and oxygen atoms in total. The second-order valence-corrected chi connectivity index (χ2v) is 3.70. The predicted octanol–water partition coefficient (Wildman–Crippen LogP) is 1.93. The largest absolute Gasteiger partial charge is 0.289 e. The Balaban J connectivity index is 1.98. The van der Waals surface area contributed by atoms with E-state index in [9.17, 15) is 4.79 Å². The number of carbonyl (C=O) groups excluding carboxylic acids is 1. The highest BCUT2D eigenvalue weighted by atomic mass is 16.2. The highest BCUT2D eigenvalue weighted by Crippen LogP contribution is 2.10. The molecule has 0 saturated heterocycles. The van der Waals surface area contributed by atoms with Crippen LogP contribution in [0.15, 0.2) is 53.8 Å². The third kappa shape index (κ3) is 2.87. The van der Waals surface area contributed by atoms with Crippen molar-refractivity contribution < 1.29 is 4.79 Å². The van der Waals surface area contributed by atoms with Gasteiger partial charge in [0.25, 0.3) is 5.91 Å². The normalized spacial score (nSPS) is 15.2. The van der Waals surface area contributed by atoms with Gasteiger partial charge in [0.05, 0.1) is 0 Å². The maximum atomic E-state index is 11.6. The molecule has 0 spiro atoms. The van der Waals surface area contributed by atoms with Crippen LogP contribution in [-0.4, -0.2) is 16.6 Å². The molecule has 1 aliphatic carbocycles. The number of hydrogen-bond donors (Lipinski definition) is 1. The Hall–Kier alpha value is -2.23. The molecule has 86 valence electrons. The van der Waals surface area contributed by atoms with Gasteiger partial charge in [0.1, 0.15) is 5.69 Å². The summed E-state index contributed by atoms with van der Waals surface area (Å²) in [5, 5.41) is 4.06. The Morgan fingerprint density at radius 2 is 2.12 bits per heavy atom. The standard InChI is InChI=1S/C13H13N3O/c1-10(11-6-2-3-7-11)15-16-13(17)12-8-4-5-9-14-12/h2-9,11H,1H3,(H,16,17)/b15-10+. The first-order chi connectivity index (χ1) is 8.27. The van der Waals surface area contributed by atoms with E-state index in [1.807, 2.05) is 31.2 Å². The van der Waals surface area contributed by atoms with Gasteiger partial charge in [0.2, 0.25) is 0 Å². The SMILES string of the molecule is C/C(=N\NC(=O)c1ccccn1)C1C=CC=C1. The quantitative estimate of drug-likeness (QED) is 0.633. The molecule has 0 fully saturated rings. The number of nitrogens with one attached hydrogen (secondary N) is 1. The lowest BCUT2D eigenvalue weighted by atomic mass is 10.1. The van der Waals surface area contributed by atoms with Gasteiger partial charge in [0.15, 0.2) is 0 Å². The fraction of sp³-hybridized carbons (Fsp3) is 0.154. The Kier molecular flexibility index (Phi) is 3.45. The molecule has 0 bridgehead atoms. The third-order valence-electron chi connectivity index (χ3n) is 2.46. The summed E-state index contributed by atoms with van der Waals surface area (Å²) >= 11 is 0. The molecule has 1 aromatic heterocycles. The second-order valence-electron chi connectivity index (χ2n) is 3.70. The van der Waals surface area contributed by atoms with Crippen LogP contribution in [0.3, 0.4) is 0 Å². The second kappa shape index (κ2) is 5.21. The average Bonchev–Trinajstić information content (AvgIpc) is 2.90. The number of allylic oxidation sites excluding steroid dienone is 4. The third-order valence-corrected chi connectivity index (χ3v) is 2.46. The maximum Gasteiger partial charge on any atom is 0.289 e. The van der Waals surface area contributed by atoms with Crippen molar-refractivity contribution in [3.8, 4) is 0 Å². The molecule has 0 saturated carbocycles. The molecule has 2 rings (SSSR count). The van der Waals surface area contributed by atoms with Crippen molar-refractivity contribution in [1.82, 2.24) is 10.4 Å². The Bertz CT molecular complexity index is 477. The molecule has 1 heterocycles. The van der Waals surface area contributed by atoms with Gasteiger partial charge in [-0.3, -0.25) is 9.78 Å². The van der Waals surface area contributed by atoms with Gasteiger partial charge in [-0.25, -0.2) is 5.43 Å². The molecule has 0 atom stereocenters. The summed E-state index contributed by atoms with van der Waals surface area (Å²) in [7, 11) is 0. The van der Waals surface area contributed by atoms with Gasteiger partial charge in [-0.2, -0.15) is 5.10 Å². The smallest absolute Gasteiger partial charge is 0.266 e. The van der Waals surface area contributed by atoms with E-state index in [2.05, 4.69) is 15.5 Å². The van der Waals surface area contributed by atoms with Crippen molar-refractivity contribution in [3.63, 3.8) is 0 Å². The Morgan fingerprint density at radius 3 is 2.76 bits per heavy atom. The molecule has 1 aromatic rings. The van der Waals surface area contributed by atoms with Crippen molar-refractivity contribution in [3.05, 3.63) is 54.4 Å². The number of aromatic nitrogens is 1. The van der Waals surface area contributed by atoms with Crippen molar-refractivity contribution in [2.75, 3.05) is 0 Å². The van der Waals surface area contributed by atoms with E-state index in [-0.39, 0.29) is 11.8 Å². The minimum Gasteiger partial charge on any atom is -0.266 e. The van der Waals surface area contributed by atoms with E-state index in [0.29, 0.717) is 5.69 Å². The highest BCUT2D eigenvalue weighted by Gasteiger charge is 2.09. The van der Waals surface area contributed by atoms with Crippen LogP contribution in [0.4, 0.5) is 0 Å². The summed E-state index contributed by atoms with van der Waals surface area (Å²) in [6, 6.07) is 5.18. The van der Waals surface area contributed by atoms with Crippen LogP contribution in [-0.2, 0) is 0 Å². The molecule has 4 heteroatoms. The van der Waals surface area contributed by atoms with Gasteiger partial charge in [-0.15, -0.1) is 0 Å². The number of rotatable bonds is 3. The van der Waals surface area contributed by atoms with E-state index in [1.165, 1.54) is 0 Å². The monoisotopic (exact) mass is 227 g/mol. The van der Waals surface area contributed by atoms with E-state index < -0.39 is 0 Å². The number of hydrazone groups is 1. The van der Waals surface area contributed by atoms with Crippen molar-refractivity contribution >= 4 is 11.6 Å². The minimum atomic E-state index is -0.295. The van der Waals surface area contributed by atoms with Gasteiger partial charge < -0.3 is 0 Å². The van der Waals surface area contributed by atoms with Crippen LogP contribution in [0.2, 0.25) is 0 Å². The zero-order valence-corrected chi connectivity index (χ0v) is 9.50. The molecule has 0 unspecified atom stereocenters. The topological polar surface area (TPSA) is 54.4 Å². The molecule has 1 amide bonds. The molecule has 0 aromatic carbocycles. The predicted molar refractivity (Wildman–Crippen MR) is 66.6 cm³/mol. The van der Waals surface area contributed by atoms with Crippen LogP contribution in [0.5, 0.6) is 0 Å². The number of nitrogens with zero attached hydrogens (tertiary/aromatic N) is 2. The zero-order valence-electron chi connectivity index (χ0n) is 9.50. The fourth-order valence-electron chi connectivity index (χ4n) is 1.48. The van der Waals surface area contributed by atoms with Gasteiger partial charge in [-0.1, -0.05) is 30.4 Å². The van der Waals surface area contributed by atoms with Crippen LogP contribution in [0.25, 0.3) is 0 Å². The number of pyridine rings is 1. The van der Waals surface area contributed by atoms with Crippen molar-refractivity contribution in [2.24, 2.45) is 11.0 Å². The highest BCUT2D eigenvalue weighted by molar-refractivity contribution is 5.94. The Morgan fingerprint density at radius 1 is 1.35 bits per heavy atom. The summed E-state index contributed by atoms with van der Waals surface area (Å²) in [6.45, 7) is 1.88. The number of carbonyl (C=O) groups is 1. The summed E-state index contributed by atoms with van der Waals surface area (Å²) < 4.78 is 0. The van der Waals surface area contributed by atoms with E-state index >= 15 is 0 Å². The number of hydrogen-bond acceptors (Lipinski definition) is 3. The van der Waals surface area contributed by atoms with E-state index in [0.717, 1.165) is 5.71 Å². The minimum absolute atomic E-state index is 0.180. The van der Waals surface area contributed by atoms with Crippen LogP contribution < -0.4 is 5.43 Å². The summed E-state index contributed by atoms with van der Waals surface area (Å²) in [5.41, 5.74) is 3.70. The van der Waals surface area contributed by atoms with Crippen LogP contribution in [0, 0.1) is 5.92 Å². The van der Waals surface area contributed by atoms with Gasteiger partial charge in [0, 0.05) is 17.8 Å². The van der Waals surface area contributed by atoms with E-state index in [4.69, 9.17) is 0 Å². The summed E-state index contributed by atoms with van der Waals surface area (Å²) in [5.74, 6) is -0.116. The summed E-state index contributed by atoms with van der Waals surface area (Å²) in [4.78, 5) is 15.6. The molecular formula is C13H13N3O. The molecule has 1 N–H and O–H groups in total. The molecule has 0 radical (unpaired) electrons. The van der Waals surface area contributed by atoms with Gasteiger partial charge in [-0.05, 0) is 19.1 Å². The Labute approximate surface area is 99.8 Å². The average molecular weight is 227 g/mol. The van der Waals surface area contributed by atoms with E-state index in [1.54, 1.807) is 24.4 Å². The molecule has 17 heavy (non-hydrogen) atoms. The first-order valence-corrected chi connectivity index (χ1v) is 5.38. The van der Waals surface area contributed by atoms with Crippen LogP contribution >= 0.6 is 0 Å². The van der Waals surface area contributed by atoms with Crippen LogP contribution in [0.1, 0.15) is 17.4 Å². The lowest BCUT2D eigenvalue weighted by Crippen LogP contribution is -2.21. The number of amides is 1. The first-order valence-electron chi connectivity index (χ1n) is 5.38. The maximum absolute atomic E-state index is 11.6. The fourth-order valence-corrected chi connectivity index (χ4v) is 1.48. The van der Waals surface area contributed by atoms with Crippen molar-refractivity contribution in [2.45, 2.75) is 6.92 Å². The first kappa shape index (κ1) is 11.3. The lowest BCUT2D eigenvalue weighted by molar-refractivity contribution is 0.0949. The lowest BCUT2D eigenvalue weighted by Gasteiger charge is -2.05. The molecule has 0 aliphatic heterocycles. The summed E-state index contributed by atoms with van der Waals surface area (Å²) in [6.07, 6.45) is 9.54. The van der Waals surface area contributed by atoms with Crippen molar-refractivity contribution in [1.29, 1.82) is 0 Å². The van der Waals surface area contributed by atoms with Gasteiger partial charge >= 0.3 is 0 Å². The molecule has 1 aliphatic rings. The zero-order chi connectivity index (χ0) is 12.1. The molecular weight excluding hydrogens is 214 g/mol.